The zero-order valence-electron chi connectivity index (χ0n) is 17.3. The molecule has 9 nitrogen and oxygen atoms in total. The Kier molecular flexibility index (Phi) is 5.20. The molecule has 0 atom stereocenters. The van der Waals surface area contributed by atoms with Crippen LogP contribution in [0, 0.1) is 0 Å². The molecule has 1 N–H and O–H groups in total. The quantitative estimate of drug-likeness (QED) is 0.427. The van der Waals surface area contributed by atoms with E-state index in [-0.39, 0.29) is 18.0 Å². The highest BCUT2D eigenvalue weighted by molar-refractivity contribution is 5.80. The van der Waals surface area contributed by atoms with Crippen molar-refractivity contribution < 1.29 is 4.79 Å². The third-order valence-electron chi connectivity index (χ3n) is 5.31. The third-order valence-corrected chi connectivity index (χ3v) is 5.31. The number of fused-ring (bicyclic) bond motifs is 2. The summed E-state index contributed by atoms with van der Waals surface area (Å²) in [5.74, 6) is -0.122. The van der Waals surface area contributed by atoms with Gasteiger partial charge in [-0.1, -0.05) is 42.5 Å². The number of carbonyl (C=O) groups excluding carboxylic acids is 1. The number of amides is 1. The van der Waals surface area contributed by atoms with E-state index in [4.69, 9.17) is 0 Å². The van der Waals surface area contributed by atoms with Crippen molar-refractivity contribution in [2.24, 2.45) is 0 Å². The van der Waals surface area contributed by atoms with Crippen LogP contribution in [0.2, 0.25) is 0 Å². The van der Waals surface area contributed by atoms with Crippen molar-refractivity contribution in [1.29, 1.82) is 0 Å². The highest BCUT2D eigenvalue weighted by atomic mass is 16.2. The predicted octanol–water partition coefficient (Wildman–Crippen LogP) is 1.81. The normalized spacial score (nSPS) is 11.2. The van der Waals surface area contributed by atoms with E-state index < -0.39 is 0 Å². The molecule has 5 rings (SSSR count). The molecule has 0 fully saturated rings. The summed E-state index contributed by atoms with van der Waals surface area (Å²) in [5, 5.41) is 7.64. The first-order chi connectivity index (χ1) is 15.7. The maximum Gasteiger partial charge on any atom is 0.264 e. The number of hydrogen-bond donors (Lipinski definition) is 1. The van der Waals surface area contributed by atoms with Crippen molar-refractivity contribution in [2.75, 3.05) is 6.54 Å². The lowest BCUT2D eigenvalue weighted by Crippen LogP contribution is -2.30. The lowest BCUT2D eigenvalue weighted by Gasteiger charge is -2.08. The minimum atomic E-state index is -0.138. The standard InChI is InChI=1S/C23H21N7O2/c31-21(14-28-15-25-19-8-4-5-9-20(19)28)24-10-11-30-22-18(12-27-30)23(32)29(16-26-22)13-17-6-2-1-3-7-17/h1-9,12,15-16H,10-11,13-14H2,(H,24,31). The Balaban J connectivity index is 1.23. The first kappa shape index (κ1) is 19.7. The average molecular weight is 427 g/mol. The first-order valence-electron chi connectivity index (χ1n) is 10.3. The Morgan fingerprint density at radius 3 is 2.59 bits per heavy atom. The van der Waals surface area contributed by atoms with E-state index in [0.717, 1.165) is 16.6 Å². The van der Waals surface area contributed by atoms with Gasteiger partial charge in [-0.25, -0.2) is 14.6 Å². The summed E-state index contributed by atoms with van der Waals surface area (Å²) in [7, 11) is 0. The highest BCUT2D eigenvalue weighted by Gasteiger charge is 2.11. The van der Waals surface area contributed by atoms with Gasteiger partial charge in [0, 0.05) is 6.54 Å². The summed E-state index contributed by atoms with van der Waals surface area (Å²) in [5.41, 5.74) is 3.16. The Labute approximate surface area is 183 Å². The van der Waals surface area contributed by atoms with Gasteiger partial charge in [0.05, 0.1) is 36.6 Å². The number of imidazole rings is 1. The molecular weight excluding hydrogens is 406 g/mol. The van der Waals surface area contributed by atoms with Gasteiger partial charge in [-0.3, -0.25) is 14.2 Å². The van der Waals surface area contributed by atoms with Crippen molar-refractivity contribution in [3.05, 3.63) is 89.4 Å². The molecule has 3 heterocycles. The molecule has 3 aromatic heterocycles. The molecule has 0 radical (unpaired) electrons. The molecule has 32 heavy (non-hydrogen) atoms. The van der Waals surface area contributed by atoms with Crippen LogP contribution in [0.5, 0.6) is 0 Å². The molecule has 0 bridgehead atoms. The SMILES string of the molecule is O=C(Cn1cnc2ccccc21)NCCn1ncc2c(=O)n(Cc3ccccc3)cnc21. The molecule has 1 amide bonds. The second-order valence-corrected chi connectivity index (χ2v) is 7.48. The number of aromatic nitrogens is 6. The van der Waals surface area contributed by atoms with Crippen molar-refractivity contribution in [3.8, 4) is 0 Å². The van der Waals surface area contributed by atoms with Gasteiger partial charge in [-0.15, -0.1) is 0 Å². The highest BCUT2D eigenvalue weighted by Crippen LogP contribution is 2.11. The molecule has 0 saturated heterocycles. The third kappa shape index (κ3) is 3.87. The number of rotatable bonds is 7. The molecular formula is C23H21N7O2. The van der Waals surface area contributed by atoms with E-state index in [1.54, 1.807) is 21.9 Å². The van der Waals surface area contributed by atoms with Gasteiger partial charge in [0.1, 0.15) is 18.3 Å². The summed E-state index contributed by atoms with van der Waals surface area (Å²) in [6.07, 6.45) is 4.74. The van der Waals surface area contributed by atoms with Crippen molar-refractivity contribution >= 4 is 28.0 Å². The molecule has 9 heteroatoms. The molecule has 2 aromatic carbocycles. The van der Waals surface area contributed by atoms with Crippen LogP contribution in [0.3, 0.4) is 0 Å². The monoisotopic (exact) mass is 427 g/mol. The van der Waals surface area contributed by atoms with Crippen LogP contribution in [-0.2, 0) is 24.4 Å². The molecule has 0 unspecified atom stereocenters. The molecule has 0 spiro atoms. The van der Waals surface area contributed by atoms with Crippen molar-refractivity contribution in [3.63, 3.8) is 0 Å². The smallest absolute Gasteiger partial charge is 0.264 e. The second kappa shape index (κ2) is 8.46. The summed E-state index contributed by atoms with van der Waals surface area (Å²) < 4.78 is 5.02. The summed E-state index contributed by atoms with van der Waals surface area (Å²) in [6, 6.07) is 17.4. The number of para-hydroxylation sites is 2. The van der Waals surface area contributed by atoms with Crippen molar-refractivity contribution in [2.45, 2.75) is 19.6 Å². The maximum atomic E-state index is 12.8. The van der Waals surface area contributed by atoms with Crippen LogP contribution in [0.15, 0.2) is 78.2 Å². The summed E-state index contributed by atoms with van der Waals surface area (Å²) >= 11 is 0. The number of nitrogens with zero attached hydrogens (tertiary/aromatic N) is 6. The lowest BCUT2D eigenvalue weighted by molar-refractivity contribution is -0.121. The average Bonchev–Trinajstić information content (AvgIpc) is 3.41. The van der Waals surface area contributed by atoms with Crippen LogP contribution >= 0.6 is 0 Å². The van der Waals surface area contributed by atoms with Crippen LogP contribution in [0.25, 0.3) is 22.1 Å². The van der Waals surface area contributed by atoms with E-state index in [1.807, 2.05) is 59.2 Å². The van der Waals surface area contributed by atoms with Gasteiger partial charge in [0.25, 0.3) is 5.56 Å². The molecule has 160 valence electrons. The molecule has 0 aliphatic carbocycles. The van der Waals surface area contributed by atoms with Gasteiger partial charge >= 0.3 is 0 Å². The van der Waals surface area contributed by atoms with E-state index in [1.165, 1.54) is 6.20 Å². The van der Waals surface area contributed by atoms with Crippen LogP contribution < -0.4 is 10.9 Å². The minimum Gasteiger partial charge on any atom is -0.353 e. The Bertz CT molecular complexity index is 1450. The van der Waals surface area contributed by atoms with E-state index in [0.29, 0.717) is 30.7 Å². The molecule has 0 aliphatic heterocycles. The van der Waals surface area contributed by atoms with Gasteiger partial charge in [0.15, 0.2) is 5.65 Å². The molecule has 0 saturated carbocycles. The second-order valence-electron chi connectivity index (χ2n) is 7.48. The fourth-order valence-electron chi connectivity index (χ4n) is 3.70. The largest absolute Gasteiger partial charge is 0.353 e. The zero-order valence-corrected chi connectivity index (χ0v) is 17.3. The van der Waals surface area contributed by atoms with Crippen LogP contribution in [0.1, 0.15) is 5.56 Å². The number of hydrogen-bond acceptors (Lipinski definition) is 5. The van der Waals surface area contributed by atoms with Crippen LogP contribution in [-0.4, -0.2) is 41.3 Å². The fraction of sp³-hybridized carbons (Fsp3) is 0.174. The number of carbonyl (C=O) groups is 1. The van der Waals surface area contributed by atoms with Gasteiger partial charge in [-0.05, 0) is 17.7 Å². The van der Waals surface area contributed by atoms with Gasteiger partial charge < -0.3 is 9.88 Å². The summed E-state index contributed by atoms with van der Waals surface area (Å²) in [4.78, 5) is 33.9. The Morgan fingerprint density at radius 2 is 1.72 bits per heavy atom. The fourth-order valence-corrected chi connectivity index (χ4v) is 3.70. The van der Waals surface area contributed by atoms with E-state index in [9.17, 15) is 9.59 Å². The number of nitrogens with one attached hydrogen (secondary N) is 1. The minimum absolute atomic E-state index is 0.122. The summed E-state index contributed by atoms with van der Waals surface area (Å²) in [6.45, 7) is 1.42. The van der Waals surface area contributed by atoms with E-state index >= 15 is 0 Å². The molecule has 0 aliphatic rings. The Hall–Kier alpha value is -4.27. The van der Waals surface area contributed by atoms with Crippen LogP contribution in [0.4, 0.5) is 0 Å². The lowest BCUT2D eigenvalue weighted by atomic mass is 10.2. The number of benzene rings is 2. The van der Waals surface area contributed by atoms with Gasteiger partial charge in [-0.2, -0.15) is 5.10 Å². The maximum absolute atomic E-state index is 12.8. The predicted molar refractivity (Wildman–Crippen MR) is 120 cm³/mol. The zero-order chi connectivity index (χ0) is 21.9. The topological polar surface area (TPSA) is 99.6 Å². The Morgan fingerprint density at radius 1 is 0.938 bits per heavy atom. The first-order valence-corrected chi connectivity index (χ1v) is 10.3. The van der Waals surface area contributed by atoms with Gasteiger partial charge in [0.2, 0.25) is 5.91 Å². The van der Waals surface area contributed by atoms with Crippen molar-refractivity contribution in [1.82, 2.24) is 34.2 Å². The van der Waals surface area contributed by atoms with E-state index in [2.05, 4.69) is 20.4 Å². The molecule has 5 aromatic rings.